The normalized spacial score (nSPS) is 12.8. The summed E-state index contributed by atoms with van der Waals surface area (Å²) in [7, 11) is 2.12. The smallest absolute Gasteiger partial charge is 0.0478 e. The molecule has 5 heteroatoms. The zero-order valence-electron chi connectivity index (χ0n) is 11.4. The fraction of sp³-hybridized carbons (Fsp3) is 0.333. The summed E-state index contributed by atoms with van der Waals surface area (Å²) in [4.78, 5) is 3.70. The second kappa shape index (κ2) is 7.57. The van der Waals surface area contributed by atoms with Crippen molar-refractivity contribution in [2.45, 2.75) is 12.5 Å². The van der Waals surface area contributed by atoms with Gasteiger partial charge in [-0.25, -0.2) is 0 Å². The Balaban J connectivity index is 2.06. The third-order valence-corrected chi connectivity index (χ3v) is 5.23. The molecule has 2 N–H and O–H groups in total. The molecule has 0 saturated carbocycles. The van der Waals surface area contributed by atoms with Crippen LogP contribution in [0.1, 0.15) is 16.5 Å². The average molecular weight is 374 g/mol. The zero-order valence-corrected chi connectivity index (χ0v) is 14.5. The average Bonchev–Trinajstić information content (AvgIpc) is 2.93. The van der Waals surface area contributed by atoms with Gasteiger partial charge in [0.1, 0.15) is 0 Å². The standard InChI is InChI=1S/C15H18BrClN2S/c1-19(7-6-12-3-2-8-20-12)15(10-18)13-5-4-11(17)9-14(13)16/h2-5,8-9,15H,6-7,10,18H2,1H3. The largest absolute Gasteiger partial charge is 0.329 e. The third-order valence-electron chi connectivity index (χ3n) is 3.37. The van der Waals surface area contributed by atoms with Crippen molar-refractivity contribution < 1.29 is 0 Å². The second-order valence-electron chi connectivity index (χ2n) is 4.73. The number of halogens is 2. The summed E-state index contributed by atoms with van der Waals surface area (Å²) in [6.45, 7) is 1.57. The molecular weight excluding hydrogens is 356 g/mol. The number of benzene rings is 1. The van der Waals surface area contributed by atoms with Gasteiger partial charge in [0.2, 0.25) is 0 Å². The molecular formula is C15H18BrClN2S. The van der Waals surface area contributed by atoms with Gasteiger partial charge in [-0.15, -0.1) is 11.3 Å². The third kappa shape index (κ3) is 4.06. The van der Waals surface area contributed by atoms with Crippen LogP contribution >= 0.6 is 38.9 Å². The van der Waals surface area contributed by atoms with E-state index in [-0.39, 0.29) is 6.04 Å². The van der Waals surface area contributed by atoms with Crippen LogP contribution in [0, 0.1) is 0 Å². The van der Waals surface area contributed by atoms with Crippen molar-refractivity contribution in [3.05, 3.63) is 55.6 Å². The first kappa shape index (κ1) is 16.0. The van der Waals surface area contributed by atoms with Crippen LogP contribution in [0.3, 0.4) is 0 Å². The van der Waals surface area contributed by atoms with Crippen molar-refractivity contribution >= 4 is 38.9 Å². The quantitative estimate of drug-likeness (QED) is 0.816. The Kier molecular flexibility index (Phi) is 6.05. The van der Waals surface area contributed by atoms with E-state index in [1.54, 1.807) is 11.3 Å². The molecule has 0 aliphatic heterocycles. The monoisotopic (exact) mass is 372 g/mol. The van der Waals surface area contributed by atoms with Crippen LogP contribution < -0.4 is 5.73 Å². The first-order valence-electron chi connectivity index (χ1n) is 6.49. The molecule has 0 radical (unpaired) electrons. The van der Waals surface area contributed by atoms with Gasteiger partial charge in [-0.1, -0.05) is 39.7 Å². The first-order chi connectivity index (χ1) is 9.61. The van der Waals surface area contributed by atoms with E-state index >= 15 is 0 Å². The molecule has 20 heavy (non-hydrogen) atoms. The molecule has 0 saturated heterocycles. The number of thiophene rings is 1. The van der Waals surface area contributed by atoms with Crippen LogP contribution in [0.4, 0.5) is 0 Å². The molecule has 2 nitrogen and oxygen atoms in total. The topological polar surface area (TPSA) is 29.3 Å². The summed E-state index contributed by atoms with van der Waals surface area (Å²) >= 11 is 11.4. The van der Waals surface area contributed by atoms with E-state index in [0.29, 0.717) is 6.54 Å². The van der Waals surface area contributed by atoms with Crippen molar-refractivity contribution in [3.63, 3.8) is 0 Å². The molecule has 0 bridgehead atoms. The number of hydrogen-bond acceptors (Lipinski definition) is 3. The lowest BCUT2D eigenvalue weighted by Crippen LogP contribution is -2.32. The molecule has 2 aromatic rings. The van der Waals surface area contributed by atoms with E-state index in [9.17, 15) is 0 Å². The molecule has 108 valence electrons. The minimum atomic E-state index is 0.196. The number of hydrogen-bond donors (Lipinski definition) is 1. The van der Waals surface area contributed by atoms with E-state index in [4.69, 9.17) is 17.3 Å². The second-order valence-corrected chi connectivity index (χ2v) is 7.05. The van der Waals surface area contributed by atoms with E-state index < -0.39 is 0 Å². The molecule has 1 aromatic heterocycles. The van der Waals surface area contributed by atoms with E-state index in [1.165, 1.54) is 10.4 Å². The molecule has 2 rings (SSSR count). The SMILES string of the molecule is CN(CCc1cccs1)C(CN)c1ccc(Cl)cc1Br. The van der Waals surface area contributed by atoms with Crippen molar-refractivity contribution in [2.24, 2.45) is 5.73 Å². The van der Waals surface area contributed by atoms with Gasteiger partial charge in [-0.3, -0.25) is 4.90 Å². The Hall–Kier alpha value is -0.390. The van der Waals surface area contributed by atoms with E-state index in [1.807, 2.05) is 18.2 Å². The lowest BCUT2D eigenvalue weighted by molar-refractivity contribution is 0.253. The maximum atomic E-state index is 6.00. The summed E-state index contributed by atoms with van der Waals surface area (Å²) in [5.74, 6) is 0. The summed E-state index contributed by atoms with van der Waals surface area (Å²) in [6, 6.07) is 10.3. The van der Waals surface area contributed by atoms with E-state index in [0.717, 1.165) is 22.5 Å². The van der Waals surface area contributed by atoms with Gasteiger partial charge in [-0.2, -0.15) is 0 Å². The van der Waals surface area contributed by atoms with Gasteiger partial charge in [0.25, 0.3) is 0 Å². The Morgan fingerprint density at radius 2 is 2.20 bits per heavy atom. The highest BCUT2D eigenvalue weighted by Gasteiger charge is 2.18. The summed E-state index contributed by atoms with van der Waals surface area (Å²) in [6.07, 6.45) is 1.05. The number of nitrogens with zero attached hydrogens (tertiary/aromatic N) is 1. The first-order valence-corrected chi connectivity index (χ1v) is 8.54. The maximum Gasteiger partial charge on any atom is 0.0478 e. The number of likely N-dealkylation sites (N-methyl/N-ethyl adjacent to an activating group) is 1. The lowest BCUT2D eigenvalue weighted by Gasteiger charge is -2.28. The van der Waals surface area contributed by atoms with Gasteiger partial charge >= 0.3 is 0 Å². The van der Waals surface area contributed by atoms with Gasteiger partial charge in [0, 0.05) is 33.5 Å². The molecule has 0 amide bonds. The summed E-state index contributed by atoms with van der Waals surface area (Å²) < 4.78 is 1.02. The lowest BCUT2D eigenvalue weighted by atomic mass is 10.1. The maximum absolute atomic E-state index is 6.00. The Morgan fingerprint density at radius 3 is 2.80 bits per heavy atom. The van der Waals surface area contributed by atoms with Gasteiger partial charge in [-0.05, 0) is 42.6 Å². The molecule has 1 aromatic carbocycles. The summed E-state index contributed by atoms with van der Waals surface area (Å²) in [5.41, 5.74) is 7.15. The van der Waals surface area contributed by atoms with Crippen LogP contribution in [0.15, 0.2) is 40.2 Å². The molecule has 0 aliphatic rings. The van der Waals surface area contributed by atoms with Crippen molar-refractivity contribution in [3.8, 4) is 0 Å². The molecule has 1 heterocycles. The molecule has 1 unspecified atom stereocenters. The predicted octanol–water partition coefficient (Wildman–Crippen LogP) is 4.34. The molecule has 0 spiro atoms. The summed E-state index contributed by atoms with van der Waals surface area (Å²) in [5, 5.41) is 2.85. The highest BCUT2D eigenvalue weighted by Crippen LogP contribution is 2.29. The fourth-order valence-corrected chi connectivity index (χ4v) is 3.86. The molecule has 0 aliphatic carbocycles. The zero-order chi connectivity index (χ0) is 14.5. The van der Waals surface area contributed by atoms with E-state index in [2.05, 4.69) is 45.4 Å². The Bertz CT molecular complexity index is 545. The van der Waals surface area contributed by atoms with Crippen LogP contribution in [-0.4, -0.2) is 25.0 Å². The van der Waals surface area contributed by atoms with Crippen molar-refractivity contribution in [1.29, 1.82) is 0 Å². The highest BCUT2D eigenvalue weighted by atomic mass is 79.9. The van der Waals surface area contributed by atoms with Crippen LogP contribution in [-0.2, 0) is 6.42 Å². The van der Waals surface area contributed by atoms with Gasteiger partial charge < -0.3 is 5.73 Å². The molecule has 0 fully saturated rings. The Labute approximate surface area is 137 Å². The predicted molar refractivity (Wildman–Crippen MR) is 91.6 cm³/mol. The fourth-order valence-electron chi connectivity index (χ4n) is 2.21. The number of nitrogens with two attached hydrogens (primary N) is 1. The van der Waals surface area contributed by atoms with Gasteiger partial charge in [0.05, 0.1) is 0 Å². The highest BCUT2D eigenvalue weighted by molar-refractivity contribution is 9.10. The van der Waals surface area contributed by atoms with Crippen LogP contribution in [0.25, 0.3) is 0 Å². The minimum Gasteiger partial charge on any atom is -0.329 e. The van der Waals surface area contributed by atoms with Crippen molar-refractivity contribution in [1.82, 2.24) is 4.90 Å². The van der Waals surface area contributed by atoms with Crippen LogP contribution in [0.5, 0.6) is 0 Å². The molecule has 1 atom stereocenters. The van der Waals surface area contributed by atoms with Gasteiger partial charge in [0.15, 0.2) is 0 Å². The minimum absolute atomic E-state index is 0.196. The van der Waals surface area contributed by atoms with Crippen molar-refractivity contribution in [2.75, 3.05) is 20.1 Å². The van der Waals surface area contributed by atoms with Crippen LogP contribution in [0.2, 0.25) is 5.02 Å². The number of rotatable bonds is 6. The Morgan fingerprint density at radius 1 is 1.40 bits per heavy atom.